The van der Waals surface area contributed by atoms with E-state index in [1.165, 1.54) is 71.1 Å². The zero-order chi connectivity index (χ0) is 14.3. The molecule has 0 spiro atoms. The van der Waals surface area contributed by atoms with Gasteiger partial charge in [0, 0.05) is 39.4 Å². The second-order valence-electron chi connectivity index (χ2n) is 6.93. The molecule has 0 N–H and O–H groups in total. The van der Waals surface area contributed by atoms with Crippen LogP contribution in [-0.4, -0.2) is 74.5 Å². The van der Waals surface area contributed by atoms with Crippen LogP contribution in [0.2, 0.25) is 0 Å². The minimum Gasteiger partial charge on any atom is -0.377 e. The quantitative estimate of drug-likeness (QED) is 0.793. The summed E-state index contributed by atoms with van der Waals surface area (Å²) >= 11 is 0. The Labute approximate surface area is 129 Å². The lowest BCUT2D eigenvalue weighted by atomic mass is 10.1. The second-order valence-corrected chi connectivity index (χ2v) is 6.93. The standard InChI is InChI=1S/C17H32N2O2/c1-3-12-20-16(6-1)14-18-8-5-9-19(11-10-18)15-17-7-2-4-13-21-17/h16-17H,1-15H2. The van der Waals surface area contributed by atoms with Gasteiger partial charge in [0.15, 0.2) is 0 Å². The fourth-order valence-electron chi connectivity index (χ4n) is 3.87. The monoisotopic (exact) mass is 296 g/mol. The Morgan fingerprint density at radius 2 is 1.14 bits per heavy atom. The van der Waals surface area contributed by atoms with Gasteiger partial charge in [0.2, 0.25) is 0 Å². The summed E-state index contributed by atoms with van der Waals surface area (Å²) in [7, 11) is 0. The van der Waals surface area contributed by atoms with Gasteiger partial charge in [-0.1, -0.05) is 0 Å². The Hall–Kier alpha value is -0.160. The SMILES string of the molecule is C1CCC(CN2CCCN(CC3CCCCO3)CC2)OC1. The first kappa shape index (κ1) is 15.7. The average Bonchev–Trinajstić information content (AvgIpc) is 2.75. The van der Waals surface area contributed by atoms with Crippen molar-refractivity contribution >= 4 is 0 Å². The van der Waals surface area contributed by atoms with E-state index in [1.54, 1.807) is 0 Å². The molecule has 122 valence electrons. The van der Waals surface area contributed by atoms with Crippen LogP contribution >= 0.6 is 0 Å². The Balaban J connectivity index is 1.38. The van der Waals surface area contributed by atoms with Crippen LogP contribution in [0.4, 0.5) is 0 Å². The van der Waals surface area contributed by atoms with Crippen molar-refractivity contribution < 1.29 is 9.47 Å². The minimum atomic E-state index is 0.493. The van der Waals surface area contributed by atoms with Crippen LogP contribution in [0.3, 0.4) is 0 Å². The number of hydrogen-bond donors (Lipinski definition) is 0. The highest BCUT2D eigenvalue weighted by molar-refractivity contribution is 4.76. The maximum Gasteiger partial charge on any atom is 0.0702 e. The summed E-state index contributed by atoms with van der Waals surface area (Å²) in [6.07, 6.45) is 10.0. The summed E-state index contributed by atoms with van der Waals surface area (Å²) in [6.45, 7) is 9.12. The fraction of sp³-hybridized carbons (Fsp3) is 1.00. The molecule has 0 aliphatic carbocycles. The van der Waals surface area contributed by atoms with Crippen molar-refractivity contribution in [3.63, 3.8) is 0 Å². The van der Waals surface area contributed by atoms with Gasteiger partial charge in [0.1, 0.15) is 0 Å². The Kier molecular flexibility index (Phi) is 6.34. The average molecular weight is 296 g/mol. The molecule has 3 heterocycles. The van der Waals surface area contributed by atoms with E-state index in [0.29, 0.717) is 12.2 Å². The highest BCUT2D eigenvalue weighted by Gasteiger charge is 2.23. The molecule has 21 heavy (non-hydrogen) atoms. The van der Waals surface area contributed by atoms with Crippen molar-refractivity contribution in [1.82, 2.24) is 9.80 Å². The lowest BCUT2D eigenvalue weighted by molar-refractivity contribution is -0.00954. The molecule has 0 amide bonds. The number of hydrogen-bond acceptors (Lipinski definition) is 4. The lowest BCUT2D eigenvalue weighted by Gasteiger charge is -2.30. The molecule has 3 fully saturated rings. The molecule has 0 aromatic carbocycles. The number of nitrogens with zero attached hydrogens (tertiary/aromatic N) is 2. The third-order valence-corrected chi connectivity index (χ3v) is 5.15. The zero-order valence-electron chi connectivity index (χ0n) is 13.5. The molecular weight excluding hydrogens is 264 g/mol. The summed E-state index contributed by atoms with van der Waals surface area (Å²) in [6, 6.07) is 0. The van der Waals surface area contributed by atoms with Crippen LogP contribution in [0, 0.1) is 0 Å². The van der Waals surface area contributed by atoms with Gasteiger partial charge in [-0.15, -0.1) is 0 Å². The minimum absolute atomic E-state index is 0.493. The summed E-state index contributed by atoms with van der Waals surface area (Å²) in [5.41, 5.74) is 0. The maximum absolute atomic E-state index is 5.89. The van der Waals surface area contributed by atoms with E-state index in [-0.39, 0.29) is 0 Å². The van der Waals surface area contributed by atoms with Crippen molar-refractivity contribution in [2.75, 3.05) is 52.5 Å². The molecule has 4 nitrogen and oxygen atoms in total. The predicted molar refractivity (Wildman–Crippen MR) is 84.7 cm³/mol. The van der Waals surface area contributed by atoms with E-state index in [1.807, 2.05) is 0 Å². The van der Waals surface area contributed by atoms with Gasteiger partial charge >= 0.3 is 0 Å². The molecule has 3 saturated heterocycles. The molecule has 3 aliphatic rings. The van der Waals surface area contributed by atoms with Gasteiger partial charge in [-0.2, -0.15) is 0 Å². The van der Waals surface area contributed by atoms with Gasteiger partial charge in [0.05, 0.1) is 12.2 Å². The Morgan fingerprint density at radius 1 is 0.619 bits per heavy atom. The molecule has 2 unspecified atom stereocenters. The van der Waals surface area contributed by atoms with Gasteiger partial charge in [-0.3, -0.25) is 9.80 Å². The molecule has 0 saturated carbocycles. The van der Waals surface area contributed by atoms with E-state index in [4.69, 9.17) is 9.47 Å². The largest absolute Gasteiger partial charge is 0.377 e. The summed E-state index contributed by atoms with van der Waals surface area (Å²) in [5, 5.41) is 0. The first-order chi connectivity index (χ1) is 10.4. The van der Waals surface area contributed by atoms with Crippen LogP contribution in [0.5, 0.6) is 0 Å². The molecule has 3 rings (SSSR count). The van der Waals surface area contributed by atoms with Crippen molar-refractivity contribution in [3.8, 4) is 0 Å². The Bertz CT molecular complexity index is 261. The van der Waals surface area contributed by atoms with Crippen LogP contribution in [0.1, 0.15) is 44.9 Å². The van der Waals surface area contributed by atoms with Crippen molar-refractivity contribution in [2.24, 2.45) is 0 Å². The topological polar surface area (TPSA) is 24.9 Å². The summed E-state index contributed by atoms with van der Waals surface area (Å²) in [5.74, 6) is 0. The highest BCUT2D eigenvalue weighted by Crippen LogP contribution is 2.17. The smallest absolute Gasteiger partial charge is 0.0702 e. The van der Waals surface area contributed by atoms with Crippen LogP contribution in [0.25, 0.3) is 0 Å². The molecule has 4 heteroatoms. The zero-order valence-corrected chi connectivity index (χ0v) is 13.5. The Morgan fingerprint density at radius 3 is 1.57 bits per heavy atom. The van der Waals surface area contributed by atoms with E-state index in [0.717, 1.165) is 26.3 Å². The highest BCUT2D eigenvalue weighted by atomic mass is 16.5. The van der Waals surface area contributed by atoms with Gasteiger partial charge in [-0.05, 0) is 58.0 Å². The second kappa shape index (κ2) is 8.47. The van der Waals surface area contributed by atoms with Gasteiger partial charge in [-0.25, -0.2) is 0 Å². The molecule has 3 aliphatic heterocycles. The van der Waals surface area contributed by atoms with Crippen molar-refractivity contribution in [1.29, 1.82) is 0 Å². The van der Waals surface area contributed by atoms with Crippen LogP contribution < -0.4 is 0 Å². The van der Waals surface area contributed by atoms with Crippen LogP contribution in [-0.2, 0) is 9.47 Å². The lowest BCUT2D eigenvalue weighted by Crippen LogP contribution is -2.40. The summed E-state index contributed by atoms with van der Waals surface area (Å²) < 4.78 is 11.8. The number of rotatable bonds is 4. The van der Waals surface area contributed by atoms with E-state index >= 15 is 0 Å². The van der Waals surface area contributed by atoms with Crippen molar-refractivity contribution in [3.05, 3.63) is 0 Å². The fourth-order valence-corrected chi connectivity index (χ4v) is 3.87. The maximum atomic E-state index is 5.89. The molecule has 0 bridgehead atoms. The molecule has 0 radical (unpaired) electrons. The van der Waals surface area contributed by atoms with Gasteiger partial charge in [0.25, 0.3) is 0 Å². The number of ether oxygens (including phenoxy) is 2. The first-order valence-electron chi connectivity index (χ1n) is 9.08. The van der Waals surface area contributed by atoms with E-state index in [9.17, 15) is 0 Å². The molecule has 0 aromatic rings. The third-order valence-electron chi connectivity index (χ3n) is 5.15. The van der Waals surface area contributed by atoms with E-state index < -0.39 is 0 Å². The first-order valence-corrected chi connectivity index (χ1v) is 9.08. The van der Waals surface area contributed by atoms with Crippen molar-refractivity contribution in [2.45, 2.75) is 57.2 Å². The van der Waals surface area contributed by atoms with Crippen LogP contribution in [0.15, 0.2) is 0 Å². The third kappa shape index (κ3) is 5.20. The summed E-state index contributed by atoms with van der Waals surface area (Å²) in [4.78, 5) is 5.25. The van der Waals surface area contributed by atoms with Gasteiger partial charge < -0.3 is 9.47 Å². The predicted octanol–water partition coefficient (Wildman–Crippen LogP) is 2.13. The molecule has 0 aromatic heterocycles. The van der Waals surface area contributed by atoms with E-state index in [2.05, 4.69) is 9.80 Å². The normalized spacial score (nSPS) is 33.7. The molecule has 2 atom stereocenters. The molecular formula is C17H32N2O2.